The fraction of sp³-hybridized carbons (Fsp3) is 0.684. The average molecular weight is 303 g/mol. The molecular weight excluding hydrogens is 277 g/mol. The van der Waals surface area contributed by atoms with Crippen LogP contribution >= 0.6 is 0 Å². The van der Waals surface area contributed by atoms with E-state index < -0.39 is 0 Å². The van der Waals surface area contributed by atoms with Crippen molar-refractivity contribution in [2.45, 2.75) is 45.1 Å². The van der Waals surface area contributed by atoms with Gasteiger partial charge in [0.05, 0.1) is 7.11 Å². The number of rotatable bonds is 5. The molecule has 4 aliphatic rings. The molecule has 2 nitrogen and oxygen atoms in total. The van der Waals surface area contributed by atoms with Crippen molar-refractivity contribution >= 4 is 0 Å². The summed E-state index contributed by atoms with van der Waals surface area (Å²) in [5, 5.41) is 3.55. The van der Waals surface area contributed by atoms with Gasteiger partial charge in [0.15, 0.2) is 0 Å². The first-order valence-corrected chi connectivity index (χ1v) is 8.69. The molecule has 120 valence electrons. The zero-order chi connectivity index (χ0) is 15.2. The van der Waals surface area contributed by atoms with Crippen LogP contribution in [0.5, 0.6) is 5.75 Å². The van der Waals surface area contributed by atoms with Gasteiger partial charge in [0.25, 0.3) is 0 Å². The monoisotopic (exact) mass is 303 g/mol. The Morgan fingerprint density at radius 2 is 1.77 bits per heavy atom. The Bertz CT molecular complexity index is 521. The number of nitrogens with one attached hydrogen (secondary N) is 1. The minimum Gasteiger partial charge on any atom is -0.496 e. The highest BCUT2D eigenvalue weighted by Crippen LogP contribution is 2.59. The third-order valence-electron chi connectivity index (χ3n) is 6.26. The Balaban J connectivity index is 1.42. The Morgan fingerprint density at radius 3 is 2.36 bits per heavy atom. The zero-order valence-electron chi connectivity index (χ0n) is 13.4. The van der Waals surface area contributed by atoms with Gasteiger partial charge in [-0.05, 0) is 73.8 Å². The molecule has 0 amide bonds. The normalized spacial score (nSPS) is 35.8. The topological polar surface area (TPSA) is 21.3 Å². The van der Waals surface area contributed by atoms with Crippen molar-refractivity contribution < 1.29 is 9.13 Å². The first kappa shape index (κ1) is 14.5. The van der Waals surface area contributed by atoms with Gasteiger partial charge in [-0.25, -0.2) is 4.39 Å². The number of ether oxygens (including phenoxy) is 1. The number of hydrogen-bond donors (Lipinski definition) is 1. The van der Waals surface area contributed by atoms with E-state index in [1.165, 1.54) is 44.6 Å². The van der Waals surface area contributed by atoms with Gasteiger partial charge in [-0.1, -0.05) is 6.07 Å². The zero-order valence-corrected chi connectivity index (χ0v) is 13.4. The molecule has 0 aliphatic heterocycles. The summed E-state index contributed by atoms with van der Waals surface area (Å²) in [5.41, 5.74) is 1.16. The molecule has 0 heterocycles. The maximum absolute atomic E-state index is 14.0. The van der Waals surface area contributed by atoms with Crippen molar-refractivity contribution in [1.82, 2.24) is 5.32 Å². The predicted octanol–water partition coefficient (Wildman–Crippen LogP) is 4.14. The summed E-state index contributed by atoms with van der Waals surface area (Å²) >= 11 is 0. The molecule has 4 aliphatic carbocycles. The lowest BCUT2D eigenvalue weighted by atomic mass is 9.49. The van der Waals surface area contributed by atoms with Crippen LogP contribution in [0.3, 0.4) is 0 Å². The minimum absolute atomic E-state index is 0.169. The molecular formula is C19H26FNO. The summed E-state index contributed by atoms with van der Waals surface area (Å²) in [6.07, 6.45) is 8.59. The lowest BCUT2D eigenvalue weighted by Gasteiger charge is -2.57. The number of methoxy groups -OCH3 is 1. The highest BCUT2D eigenvalue weighted by molar-refractivity contribution is 5.34. The first-order chi connectivity index (χ1) is 10.7. The Labute approximate surface area is 132 Å². The first-order valence-electron chi connectivity index (χ1n) is 8.69. The molecule has 4 bridgehead atoms. The van der Waals surface area contributed by atoms with E-state index in [-0.39, 0.29) is 5.82 Å². The van der Waals surface area contributed by atoms with Crippen molar-refractivity contribution in [3.8, 4) is 5.75 Å². The fourth-order valence-corrected chi connectivity index (χ4v) is 5.86. The molecule has 0 saturated heterocycles. The Morgan fingerprint density at radius 1 is 1.14 bits per heavy atom. The molecule has 0 unspecified atom stereocenters. The van der Waals surface area contributed by atoms with Crippen LogP contribution in [-0.2, 0) is 6.54 Å². The van der Waals surface area contributed by atoms with E-state index in [0.717, 1.165) is 24.3 Å². The third-order valence-corrected chi connectivity index (χ3v) is 6.26. The number of hydrogen-bond acceptors (Lipinski definition) is 2. The SMILES string of the molecule is COc1cccc(F)c1CNCC12CC3CC(CC(C3)C1)C2. The number of halogens is 1. The van der Waals surface area contributed by atoms with Crippen LogP contribution in [0.15, 0.2) is 18.2 Å². The van der Waals surface area contributed by atoms with Crippen LogP contribution in [0.25, 0.3) is 0 Å². The lowest BCUT2D eigenvalue weighted by Crippen LogP contribution is -2.50. The predicted molar refractivity (Wildman–Crippen MR) is 85.3 cm³/mol. The van der Waals surface area contributed by atoms with Crippen LogP contribution < -0.4 is 10.1 Å². The lowest BCUT2D eigenvalue weighted by molar-refractivity contribution is -0.0514. The van der Waals surface area contributed by atoms with Gasteiger partial charge >= 0.3 is 0 Å². The van der Waals surface area contributed by atoms with Crippen LogP contribution in [0, 0.1) is 29.0 Å². The maximum atomic E-state index is 14.0. The molecule has 0 aromatic heterocycles. The standard InChI is InChI=1S/C19H26FNO/c1-22-18-4-2-3-17(20)16(18)11-21-12-19-8-13-5-14(9-19)7-15(6-13)10-19/h2-4,13-15,21H,5-12H2,1H3. The molecule has 22 heavy (non-hydrogen) atoms. The summed E-state index contributed by atoms with van der Waals surface area (Å²) in [7, 11) is 1.61. The molecule has 1 N–H and O–H groups in total. The average Bonchev–Trinajstić information content (AvgIpc) is 2.47. The summed E-state index contributed by atoms with van der Waals surface area (Å²) in [6, 6.07) is 5.06. The molecule has 5 rings (SSSR count). The molecule has 4 saturated carbocycles. The molecule has 3 heteroatoms. The fourth-order valence-electron chi connectivity index (χ4n) is 5.86. The van der Waals surface area contributed by atoms with Crippen LogP contribution in [-0.4, -0.2) is 13.7 Å². The van der Waals surface area contributed by atoms with Crippen LogP contribution in [0.2, 0.25) is 0 Å². The van der Waals surface area contributed by atoms with Crippen molar-refractivity contribution in [2.75, 3.05) is 13.7 Å². The molecule has 4 fully saturated rings. The second-order valence-electron chi connectivity index (χ2n) is 7.94. The highest BCUT2D eigenvalue weighted by atomic mass is 19.1. The summed E-state index contributed by atoms with van der Waals surface area (Å²) in [6.45, 7) is 1.60. The molecule has 0 atom stereocenters. The smallest absolute Gasteiger partial charge is 0.131 e. The summed E-state index contributed by atoms with van der Waals surface area (Å²) < 4.78 is 19.3. The van der Waals surface area contributed by atoms with Gasteiger partial charge in [-0.15, -0.1) is 0 Å². The van der Waals surface area contributed by atoms with Gasteiger partial charge < -0.3 is 10.1 Å². The molecule has 1 aromatic rings. The molecule has 1 aromatic carbocycles. The van der Waals surface area contributed by atoms with E-state index in [1.54, 1.807) is 13.2 Å². The molecule has 0 radical (unpaired) electrons. The van der Waals surface area contributed by atoms with Gasteiger partial charge in [0, 0.05) is 18.7 Å². The van der Waals surface area contributed by atoms with Crippen molar-refractivity contribution in [1.29, 1.82) is 0 Å². The van der Waals surface area contributed by atoms with E-state index in [1.807, 2.05) is 6.07 Å². The van der Waals surface area contributed by atoms with E-state index in [2.05, 4.69) is 5.32 Å². The van der Waals surface area contributed by atoms with E-state index >= 15 is 0 Å². The van der Waals surface area contributed by atoms with Gasteiger partial charge in [0.2, 0.25) is 0 Å². The van der Waals surface area contributed by atoms with Crippen molar-refractivity contribution in [3.05, 3.63) is 29.6 Å². The van der Waals surface area contributed by atoms with Gasteiger partial charge in [0.1, 0.15) is 11.6 Å². The summed E-state index contributed by atoms with van der Waals surface area (Å²) in [5.74, 6) is 3.39. The van der Waals surface area contributed by atoms with E-state index in [4.69, 9.17) is 4.74 Å². The van der Waals surface area contributed by atoms with Crippen LogP contribution in [0.4, 0.5) is 4.39 Å². The second kappa shape index (κ2) is 5.52. The molecule has 0 spiro atoms. The third kappa shape index (κ3) is 2.54. The summed E-state index contributed by atoms with van der Waals surface area (Å²) in [4.78, 5) is 0. The van der Waals surface area contributed by atoms with Gasteiger partial charge in [-0.2, -0.15) is 0 Å². The Hall–Kier alpha value is -1.09. The maximum Gasteiger partial charge on any atom is 0.131 e. The van der Waals surface area contributed by atoms with Crippen LogP contribution in [0.1, 0.15) is 44.1 Å². The van der Waals surface area contributed by atoms with Crippen molar-refractivity contribution in [3.63, 3.8) is 0 Å². The quantitative estimate of drug-likeness (QED) is 0.882. The van der Waals surface area contributed by atoms with E-state index in [9.17, 15) is 4.39 Å². The largest absolute Gasteiger partial charge is 0.496 e. The minimum atomic E-state index is -0.169. The van der Waals surface area contributed by atoms with Crippen molar-refractivity contribution in [2.24, 2.45) is 23.2 Å². The second-order valence-corrected chi connectivity index (χ2v) is 7.94. The number of benzene rings is 1. The Kier molecular flexibility index (Phi) is 3.64. The van der Waals surface area contributed by atoms with Gasteiger partial charge in [-0.3, -0.25) is 0 Å². The van der Waals surface area contributed by atoms with E-state index in [0.29, 0.717) is 23.3 Å². The highest BCUT2D eigenvalue weighted by Gasteiger charge is 2.50.